The Morgan fingerprint density at radius 1 is 1.58 bits per heavy atom. The van der Waals surface area contributed by atoms with Crippen molar-refractivity contribution in [2.45, 2.75) is 24.3 Å². The van der Waals surface area contributed by atoms with E-state index in [9.17, 15) is 13.2 Å². The maximum atomic E-state index is 12.1. The number of hydrogen-bond donors (Lipinski definition) is 2. The molecule has 0 saturated heterocycles. The molecule has 7 heteroatoms. The molecule has 0 saturated carbocycles. The second-order valence-corrected chi connectivity index (χ2v) is 5.87. The smallest absolute Gasteiger partial charge is 0.322 e. The third kappa shape index (κ3) is 3.70. The van der Waals surface area contributed by atoms with Gasteiger partial charge in [0.05, 0.1) is 4.90 Å². The van der Waals surface area contributed by atoms with Gasteiger partial charge >= 0.3 is 5.97 Å². The van der Waals surface area contributed by atoms with Crippen LogP contribution in [0.4, 0.5) is 0 Å². The topological polar surface area (TPSA) is 83.5 Å². The number of sulfonamides is 1. The fraction of sp³-hybridized carbons (Fsp3) is 0.250. The first-order chi connectivity index (χ1) is 8.79. The molecule has 1 rings (SSSR count). The monoisotopic (exact) mass is 301 g/mol. The quantitative estimate of drug-likeness (QED) is 0.805. The molecule has 1 unspecified atom stereocenters. The number of nitrogens with one attached hydrogen (secondary N) is 1. The molecule has 0 aliphatic heterocycles. The van der Waals surface area contributed by atoms with Crippen molar-refractivity contribution >= 4 is 27.6 Å². The average molecular weight is 302 g/mol. The lowest BCUT2D eigenvalue weighted by Gasteiger charge is -2.14. The molecule has 1 atom stereocenters. The van der Waals surface area contributed by atoms with E-state index in [-0.39, 0.29) is 16.3 Å². The van der Waals surface area contributed by atoms with Gasteiger partial charge in [-0.2, -0.15) is 4.72 Å². The first-order valence-electron chi connectivity index (χ1n) is 5.23. The predicted octanol–water partition coefficient (Wildman–Crippen LogP) is 1.40. The maximum Gasteiger partial charge on any atom is 0.322 e. The molecule has 0 bridgehead atoms. The normalized spacial score (nSPS) is 12.7. The number of carbonyl (C=O) groups is 1. The average Bonchev–Trinajstić information content (AvgIpc) is 2.31. The number of benzene rings is 1. The zero-order valence-corrected chi connectivity index (χ0v) is 11.6. The Balaban J connectivity index is 3.15. The van der Waals surface area contributed by atoms with Gasteiger partial charge in [-0.1, -0.05) is 17.7 Å². The second kappa shape index (κ2) is 6.06. The Morgan fingerprint density at radius 3 is 2.74 bits per heavy atom. The Labute approximate surface area is 116 Å². The van der Waals surface area contributed by atoms with Crippen molar-refractivity contribution in [3.8, 4) is 12.3 Å². The summed E-state index contributed by atoms with van der Waals surface area (Å²) in [6, 6.07) is 3.00. The van der Waals surface area contributed by atoms with E-state index < -0.39 is 22.0 Å². The van der Waals surface area contributed by atoms with Gasteiger partial charge in [-0.3, -0.25) is 4.79 Å². The number of hydrogen-bond acceptors (Lipinski definition) is 3. The van der Waals surface area contributed by atoms with Crippen LogP contribution < -0.4 is 4.72 Å². The van der Waals surface area contributed by atoms with Crippen LogP contribution in [0.1, 0.15) is 12.0 Å². The molecular weight excluding hydrogens is 290 g/mol. The molecule has 1 aromatic rings. The standard InChI is InChI=1S/C12H12ClNO4S/c1-3-5-10(12(15)16)14-19(17,18)11-7-4-6-9(13)8(11)2/h1,4,6-7,10,14H,5H2,2H3,(H,15,16). The molecule has 1 aromatic carbocycles. The van der Waals surface area contributed by atoms with E-state index in [2.05, 4.69) is 5.92 Å². The fourth-order valence-corrected chi connectivity index (χ4v) is 3.11. The number of halogens is 1. The zero-order chi connectivity index (χ0) is 14.6. The van der Waals surface area contributed by atoms with E-state index in [0.717, 1.165) is 0 Å². The molecule has 0 fully saturated rings. The van der Waals surface area contributed by atoms with Crippen LogP contribution in [0.3, 0.4) is 0 Å². The molecule has 0 aromatic heterocycles. The Hall–Kier alpha value is -1.55. The van der Waals surface area contributed by atoms with Crippen LogP contribution in [-0.4, -0.2) is 25.5 Å². The Morgan fingerprint density at radius 2 is 2.21 bits per heavy atom. The van der Waals surface area contributed by atoms with Gasteiger partial charge in [0.2, 0.25) is 10.0 Å². The zero-order valence-electron chi connectivity index (χ0n) is 10.1. The lowest BCUT2D eigenvalue weighted by atomic mass is 10.2. The van der Waals surface area contributed by atoms with E-state index in [1.54, 1.807) is 6.07 Å². The largest absolute Gasteiger partial charge is 0.480 e. The molecule has 102 valence electrons. The van der Waals surface area contributed by atoms with Crippen LogP contribution in [0.25, 0.3) is 0 Å². The minimum atomic E-state index is -3.99. The highest BCUT2D eigenvalue weighted by molar-refractivity contribution is 7.89. The molecule has 0 amide bonds. The van der Waals surface area contributed by atoms with Gasteiger partial charge in [-0.15, -0.1) is 12.3 Å². The van der Waals surface area contributed by atoms with Gasteiger partial charge in [0.15, 0.2) is 0 Å². The van der Waals surface area contributed by atoms with Gasteiger partial charge in [0.1, 0.15) is 6.04 Å². The van der Waals surface area contributed by atoms with Crippen LogP contribution in [-0.2, 0) is 14.8 Å². The summed E-state index contributed by atoms with van der Waals surface area (Å²) >= 11 is 5.84. The second-order valence-electron chi connectivity index (χ2n) is 3.78. The van der Waals surface area contributed by atoms with Gasteiger partial charge in [0.25, 0.3) is 0 Å². The fourth-order valence-electron chi connectivity index (χ4n) is 1.43. The van der Waals surface area contributed by atoms with E-state index >= 15 is 0 Å². The summed E-state index contributed by atoms with van der Waals surface area (Å²) in [5, 5.41) is 9.17. The van der Waals surface area contributed by atoms with Crippen molar-refractivity contribution in [3.05, 3.63) is 28.8 Å². The number of aliphatic carboxylic acids is 1. The number of carboxylic acids is 1. The highest BCUT2D eigenvalue weighted by atomic mass is 35.5. The van der Waals surface area contributed by atoms with Crippen molar-refractivity contribution in [1.29, 1.82) is 0 Å². The summed E-state index contributed by atoms with van der Waals surface area (Å²) in [6.45, 7) is 1.54. The third-order valence-electron chi connectivity index (χ3n) is 2.42. The number of terminal acetylenes is 1. The summed E-state index contributed by atoms with van der Waals surface area (Å²) < 4.78 is 26.2. The van der Waals surface area contributed by atoms with E-state index in [1.165, 1.54) is 19.1 Å². The molecule has 0 aliphatic carbocycles. The van der Waals surface area contributed by atoms with Crippen LogP contribution in [0.15, 0.2) is 23.1 Å². The summed E-state index contributed by atoms with van der Waals surface area (Å²) in [7, 11) is -3.99. The minimum absolute atomic E-state index is 0.0664. The van der Waals surface area contributed by atoms with Crippen LogP contribution in [0.2, 0.25) is 5.02 Å². The van der Waals surface area contributed by atoms with Gasteiger partial charge in [0, 0.05) is 11.4 Å². The van der Waals surface area contributed by atoms with Crippen LogP contribution in [0.5, 0.6) is 0 Å². The van der Waals surface area contributed by atoms with Gasteiger partial charge in [-0.25, -0.2) is 8.42 Å². The van der Waals surface area contributed by atoms with E-state index in [4.69, 9.17) is 23.1 Å². The molecule has 5 nitrogen and oxygen atoms in total. The predicted molar refractivity (Wildman–Crippen MR) is 71.4 cm³/mol. The summed E-state index contributed by atoms with van der Waals surface area (Å²) in [5.74, 6) is 0.783. The number of carboxylic acid groups (broad SMARTS) is 1. The first-order valence-corrected chi connectivity index (χ1v) is 7.09. The molecule has 0 radical (unpaired) electrons. The highest BCUT2D eigenvalue weighted by Crippen LogP contribution is 2.22. The number of rotatable bonds is 5. The molecule has 0 spiro atoms. The third-order valence-corrected chi connectivity index (χ3v) is 4.45. The van der Waals surface area contributed by atoms with Crippen molar-refractivity contribution in [3.63, 3.8) is 0 Å². The van der Waals surface area contributed by atoms with Crippen molar-refractivity contribution < 1.29 is 18.3 Å². The summed E-state index contributed by atoms with van der Waals surface area (Å²) in [4.78, 5) is 10.8. The van der Waals surface area contributed by atoms with Crippen molar-refractivity contribution in [2.75, 3.05) is 0 Å². The van der Waals surface area contributed by atoms with Gasteiger partial charge in [-0.05, 0) is 24.6 Å². The first kappa shape index (κ1) is 15.5. The SMILES string of the molecule is C#CCC(NS(=O)(=O)c1cccc(Cl)c1C)C(=O)O. The Bertz CT molecular complexity index is 634. The van der Waals surface area contributed by atoms with Crippen LogP contribution in [0, 0.1) is 19.3 Å². The molecule has 19 heavy (non-hydrogen) atoms. The lowest BCUT2D eigenvalue weighted by molar-refractivity contribution is -0.138. The lowest BCUT2D eigenvalue weighted by Crippen LogP contribution is -2.40. The van der Waals surface area contributed by atoms with Crippen molar-refractivity contribution in [1.82, 2.24) is 4.72 Å². The van der Waals surface area contributed by atoms with Crippen molar-refractivity contribution in [2.24, 2.45) is 0 Å². The summed E-state index contributed by atoms with van der Waals surface area (Å²) in [6.07, 6.45) is 4.77. The van der Waals surface area contributed by atoms with Gasteiger partial charge < -0.3 is 5.11 Å². The highest BCUT2D eigenvalue weighted by Gasteiger charge is 2.26. The molecule has 0 heterocycles. The Kier molecular flexibility index (Phi) is 4.95. The van der Waals surface area contributed by atoms with Crippen LogP contribution >= 0.6 is 11.6 Å². The van der Waals surface area contributed by atoms with E-state index in [0.29, 0.717) is 5.56 Å². The van der Waals surface area contributed by atoms with E-state index in [1.807, 2.05) is 4.72 Å². The maximum absolute atomic E-state index is 12.1. The summed E-state index contributed by atoms with van der Waals surface area (Å²) in [5.41, 5.74) is 0.349. The molecular formula is C12H12ClNO4S. The minimum Gasteiger partial charge on any atom is -0.480 e. The molecule has 0 aliphatic rings. The molecule has 2 N–H and O–H groups in total.